The number of hydrogen-bond donors (Lipinski definition) is 1. The highest BCUT2D eigenvalue weighted by Gasteiger charge is 2.31. The Bertz CT molecular complexity index is 1250. The average molecular weight is 518 g/mol. The van der Waals surface area contributed by atoms with E-state index in [0.717, 1.165) is 17.7 Å². The molecule has 0 radical (unpaired) electrons. The molecule has 36 heavy (non-hydrogen) atoms. The minimum absolute atomic E-state index is 0.0684. The van der Waals surface area contributed by atoms with Crippen molar-refractivity contribution in [1.82, 2.24) is 4.90 Å². The van der Waals surface area contributed by atoms with Crippen molar-refractivity contribution in [1.29, 1.82) is 0 Å². The second-order valence-corrected chi connectivity index (χ2v) is 8.62. The number of carbonyl (C=O) groups is 1. The zero-order valence-corrected chi connectivity index (χ0v) is 20.0. The van der Waals surface area contributed by atoms with Crippen LogP contribution in [0.4, 0.5) is 23.7 Å². The third kappa shape index (κ3) is 6.28. The minimum Gasteiger partial charge on any atom is -0.495 e. The van der Waals surface area contributed by atoms with E-state index in [1.807, 2.05) is 12.1 Å². The van der Waals surface area contributed by atoms with Gasteiger partial charge in [-0.05, 0) is 47.5 Å². The molecule has 0 saturated heterocycles. The summed E-state index contributed by atoms with van der Waals surface area (Å²) in [6, 6.07) is 18.4. The third-order valence-electron chi connectivity index (χ3n) is 5.60. The number of nitrogens with one attached hydrogen (secondary N) is 1. The topological polar surface area (TPSA) is 63.2 Å². The van der Waals surface area contributed by atoms with Gasteiger partial charge in [-0.2, -0.15) is 13.2 Å². The lowest BCUT2D eigenvalue weighted by Gasteiger charge is -2.26. The average Bonchev–Trinajstić information content (AvgIpc) is 3.32. The first-order valence-electron chi connectivity index (χ1n) is 11.1. The SMILES string of the molecule is COc1ccccc1NC(=O)N(Cc1cccc(C(F)(F)F)c1)CC1CC(c2ccc(Cl)cc2)=NO1. The molecule has 0 aliphatic carbocycles. The van der Waals surface area contributed by atoms with Gasteiger partial charge >= 0.3 is 12.2 Å². The number of carbonyl (C=O) groups excluding carboxylic acids is 1. The van der Waals surface area contributed by atoms with E-state index in [0.29, 0.717) is 34.2 Å². The number of rotatable bonds is 7. The van der Waals surface area contributed by atoms with E-state index in [1.165, 1.54) is 18.1 Å². The zero-order valence-electron chi connectivity index (χ0n) is 19.3. The van der Waals surface area contributed by atoms with Crippen molar-refractivity contribution in [3.63, 3.8) is 0 Å². The molecule has 1 heterocycles. The van der Waals surface area contributed by atoms with E-state index in [9.17, 15) is 18.0 Å². The third-order valence-corrected chi connectivity index (χ3v) is 5.85. The molecule has 3 aromatic carbocycles. The Kier molecular flexibility index (Phi) is 7.69. The molecule has 4 rings (SSSR count). The summed E-state index contributed by atoms with van der Waals surface area (Å²) in [6.07, 6.45) is -4.55. The number of para-hydroxylation sites is 2. The summed E-state index contributed by atoms with van der Waals surface area (Å²) < 4.78 is 45.0. The fourth-order valence-electron chi connectivity index (χ4n) is 3.81. The molecule has 0 fully saturated rings. The summed E-state index contributed by atoms with van der Waals surface area (Å²) in [5.74, 6) is 0.454. The van der Waals surface area contributed by atoms with Crippen LogP contribution in [0, 0.1) is 0 Å². The molecule has 3 aromatic rings. The molecular weight excluding hydrogens is 495 g/mol. The molecule has 0 aromatic heterocycles. The maximum Gasteiger partial charge on any atom is 0.416 e. The van der Waals surface area contributed by atoms with Crippen molar-refractivity contribution in [3.8, 4) is 5.75 Å². The maximum atomic E-state index is 13.3. The number of oxime groups is 1. The van der Waals surface area contributed by atoms with Crippen LogP contribution in [0.25, 0.3) is 0 Å². The second-order valence-electron chi connectivity index (χ2n) is 8.19. The monoisotopic (exact) mass is 517 g/mol. The largest absolute Gasteiger partial charge is 0.495 e. The van der Waals surface area contributed by atoms with Gasteiger partial charge in [0, 0.05) is 18.0 Å². The summed E-state index contributed by atoms with van der Waals surface area (Å²) >= 11 is 5.95. The highest BCUT2D eigenvalue weighted by atomic mass is 35.5. The van der Waals surface area contributed by atoms with Gasteiger partial charge in [0.05, 0.1) is 30.6 Å². The Morgan fingerprint density at radius 3 is 2.61 bits per heavy atom. The highest BCUT2D eigenvalue weighted by molar-refractivity contribution is 6.30. The van der Waals surface area contributed by atoms with Crippen LogP contribution in [0.15, 0.2) is 78.0 Å². The van der Waals surface area contributed by atoms with Gasteiger partial charge in [-0.15, -0.1) is 0 Å². The van der Waals surface area contributed by atoms with E-state index >= 15 is 0 Å². The van der Waals surface area contributed by atoms with E-state index < -0.39 is 23.9 Å². The fraction of sp³-hybridized carbons (Fsp3) is 0.231. The smallest absolute Gasteiger partial charge is 0.416 e. The van der Waals surface area contributed by atoms with Gasteiger partial charge in [0.25, 0.3) is 0 Å². The molecule has 10 heteroatoms. The molecular formula is C26H23ClF3N3O3. The van der Waals surface area contributed by atoms with Gasteiger partial charge in [-0.3, -0.25) is 0 Å². The highest BCUT2D eigenvalue weighted by Crippen LogP contribution is 2.30. The van der Waals surface area contributed by atoms with Gasteiger partial charge in [-0.1, -0.05) is 53.2 Å². The Morgan fingerprint density at radius 1 is 1.14 bits per heavy atom. The van der Waals surface area contributed by atoms with Crippen LogP contribution in [0.5, 0.6) is 5.75 Å². The first kappa shape index (κ1) is 25.4. The summed E-state index contributed by atoms with van der Waals surface area (Å²) in [7, 11) is 1.48. The van der Waals surface area contributed by atoms with Crippen molar-refractivity contribution < 1.29 is 27.5 Å². The van der Waals surface area contributed by atoms with E-state index in [1.54, 1.807) is 42.5 Å². The number of anilines is 1. The Balaban J connectivity index is 1.53. The van der Waals surface area contributed by atoms with E-state index in [-0.39, 0.29) is 13.1 Å². The Hall–Kier alpha value is -3.72. The number of hydrogen-bond acceptors (Lipinski definition) is 4. The normalized spacial score (nSPS) is 15.1. The fourth-order valence-corrected chi connectivity index (χ4v) is 3.94. The zero-order chi connectivity index (χ0) is 25.7. The number of alkyl halides is 3. The molecule has 1 N–H and O–H groups in total. The molecule has 1 atom stereocenters. The van der Waals surface area contributed by atoms with Crippen LogP contribution < -0.4 is 10.1 Å². The molecule has 0 spiro atoms. The van der Waals surface area contributed by atoms with Crippen molar-refractivity contribution in [3.05, 3.63) is 94.5 Å². The molecule has 0 saturated carbocycles. The quantitative estimate of drug-likeness (QED) is 0.384. The molecule has 6 nitrogen and oxygen atoms in total. The Morgan fingerprint density at radius 2 is 1.89 bits per heavy atom. The lowest BCUT2D eigenvalue weighted by molar-refractivity contribution is -0.137. The molecule has 188 valence electrons. The van der Waals surface area contributed by atoms with Crippen LogP contribution in [-0.4, -0.2) is 36.4 Å². The molecule has 1 aliphatic rings. The molecule has 1 unspecified atom stereocenters. The van der Waals surface area contributed by atoms with Crippen molar-refractivity contribution >= 4 is 29.0 Å². The van der Waals surface area contributed by atoms with E-state index in [4.69, 9.17) is 21.2 Å². The first-order chi connectivity index (χ1) is 17.2. The van der Waals surface area contributed by atoms with Gasteiger partial charge in [0.15, 0.2) is 6.10 Å². The summed E-state index contributed by atoms with van der Waals surface area (Å²) in [5, 5.41) is 7.52. The van der Waals surface area contributed by atoms with Crippen molar-refractivity contribution in [2.24, 2.45) is 5.16 Å². The minimum atomic E-state index is -4.49. The van der Waals surface area contributed by atoms with Crippen LogP contribution in [0.3, 0.4) is 0 Å². The van der Waals surface area contributed by atoms with Crippen LogP contribution in [0.2, 0.25) is 5.02 Å². The van der Waals surface area contributed by atoms with Crippen LogP contribution in [-0.2, 0) is 17.6 Å². The van der Waals surface area contributed by atoms with Crippen molar-refractivity contribution in [2.75, 3.05) is 19.0 Å². The Labute approximate surface area is 211 Å². The lowest BCUT2D eigenvalue weighted by atomic mass is 10.0. The summed E-state index contributed by atoms with van der Waals surface area (Å²) in [6.45, 7) is 0.0266. The first-order valence-corrected chi connectivity index (χ1v) is 11.4. The van der Waals surface area contributed by atoms with Crippen LogP contribution in [0.1, 0.15) is 23.1 Å². The molecule has 2 amide bonds. The standard InChI is InChI=1S/C26H23ClF3N3O3/c1-35-24-8-3-2-7-22(24)31-25(34)33(15-17-5-4-6-19(13-17)26(28,29)30)16-21-14-23(32-36-21)18-9-11-20(27)12-10-18/h2-13,21H,14-16H2,1H3,(H,31,34). The number of urea groups is 1. The van der Waals surface area contributed by atoms with E-state index in [2.05, 4.69) is 10.5 Å². The lowest BCUT2D eigenvalue weighted by Crippen LogP contribution is -2.40. The summed E-state index contributed by atoms with van der Waals surface area (Å²) in [5.41, 5.74) is 1.52. The number of ether oxygens (including phenoxy) is 1. The van der Waals surface area contributed by atoms with Gasteiger partial charge < -0.3 is 19.8 Å². The van der Waals surface area contributed by atoms with Gasteiger partial charge in [0.1, 0.15) is 5.75 Å². The number of methoxy groups -OCH3 is 1. The van der Waals surface area contributed by atoms with Crippen molar-refractivity contribution in [2.45, 2.75) is 25.2 Å². The predicted octanol–water partition coefficient (Wildman–Crippen LogP) is 6.59. The number of benzene rings is 3. The summed E-state index contributed by atoms with van der Waals surface area (Å²) in [4.78, 5) is 20.2. The molecule has 1 aliphatic heterocycles. The molecule has 0 bridgehead atoms. The van der Waals surface area contributed by atoms with Crippen LogP contribution >= 0.6 is 11.6 Å². The number of halogens is 4. The predicted molar refractivity (Wildman–Crippen MR) is 131 cm³/mol. The number of amides is 2. The van der Waals surface area contributed by atoms with Gasteiger partial charge in [-0.25, -0.2) is 4.79 Å². The van der Waals surface area contributed by atoms with Gasteiger partial charge in [0.2, 0.25) is 0 Å². The maximum absolute atomic E-state index is 13.3. The number of nitrogens with zero attached hydrogens (tertiary/aromatic N) is 2. The second kappa shape index (κ2) is 10.9.